The summed E-state index contributed by atoms with van der Waals surface area (Å²) in [5, 5.41) is 11.0. The van der Waals surface area contributed by atoms with Crippen LogP contribution in [0.15, 0.2) is 93.7 Å². The lowest BCUT2D eigenvalue weighted by molar-refractivity contribution is -0.384. The topological polar surface area (TPSA) is 97.6 Å². The number of thioether (sulfide) groups is 1. The van der Waals surface area contributed by atoms with Crippen molar-refractivity contribution in [2.45, 2.75) is 16.7 Å². The molecule has 156 valence electrons. The molecule has 1 aliphatic rings. The number of fused-ring (bicyclic) bond motifs is 1. The number of nitro groups is 1. The number of nitrogens with zero attached hydrogens (tertiary/aromatic N) is 2. The van der Waals surface area contributed by atoms with E-state index < -0.39 is 14.9 Å². The second-order valence-corrected chi connectivity index (χ2v) is 9.71. The number of hydrogen-bond acceptors (Lipinski definition) is 6. The van der Waals surface area contributed by atoms with Gasteiger partial charge in [-0.3, -0.25) is 14.9 Å². The molecule has 0 fully saturated rings. The highest BCUT2D eigenvalue weighted by Gasteiger charge is 2.30. The Morgan fingerprint density at radius 1 is 0.968 bits per heavy atom. The summed E-state index contributed by atoms with van der Waals surface area (Å²) >= 11 is 1.19. The number of carbonyl (C=O) groups excluding carboxylic acids is 1. The van der Waals surface area contributed by atoms with E-state index in [1.54, 1.807) is 36.4 Å². The molecule has 0 atom stereocenters. The van der Waals surface area contributed by atoms with Crippen LogP contribution in [0.4, 0.5) is 11.4 Å². The van der Waals surface area contributed by atoms with Crippen molar-refractivity contribution in [3.8, 4) is 0 Å². The SMILES string of the molecule is Cc1ccc(S(=O)(=O)N(/C=C2\Sc3ccccc3C2=O)c2ccc([N+](=O)[O-])cc2)cc1. The van der Waals surface area contributed by atoms with E-state index in [1.807, 2.05) is 6.92 Å². The third kappa shape index (κ3) is 3.97. The van der Waals surface area contributed by atoms with Crippen molar-refractivity contribution in [2.24, 2.45) is 0 Å². The molecule has 7 nitrogen and oxygen atoms in total. The van der Waals surface area contributed by atoms with Crippen LogP contribution in [0.25, 0.3) is 0 Å². The average molecular weight is 453 g/mol. The predicted octanol–water partition coefficient (Wildman–Crippen LogP) is 4.93. The van der Waals surface area contributed by atoms with E-state index in [0.29, 0.717) is 5.56 Å². The Hall–Kier alpha value is -3.43. The van der Waals surface area contributed by atoms with E-state index in [0.717, 1.165) is 14.8 Å². The van der Waals surface area contributed by atoms with Gasteiger partial charge in [0.25, 0.3) is 15.7 Å². The minimum absolute atomic E-state index is 0.0428. The number of anilines is 1. The largest absolute Gasteiger partial charge is 0.288 e. The van der Waals surface area contributed by atoms with Gasteiger partial charge in [0.05, 0.1) is 20.4 Å². The van der Waals surface area contributed by atoms with Gasteiger partial charge >= 0.3 is 0 Å². The number of rotatable bonds is 5. The van der Waals surface area contributed by atoms with Crippen molar-refractivity contribution in [1.82, 2.24) is 0 Å². The molecule has 31 heavy (non-hydrogen) atoms. The number of allylic oxidation sites excluding steroid dienone is 1. The molecule has 0 saturated carbocycles. The summed E-state index contributed by atoms with van der Waals surface area (Å²) in [5.74, 6) is -0.272. The number of hydrogen-bond donors (Lipinski definition) is 0. The van der Waals surface area contributed by atoms with Crippen molar-refractivity contribution in [3.05, 3.63) is 105 Å². The van der Waals surface area contributed by atoms with Crippen LogP contribution in [0, 0.1) is 17.0 Å². The van der Waals surface area contributed by atoms with Crippen molar-refractivity contribution < 1.29 is 18.1 Å². The number of non-ortho nitro benzene ring substituents is 1. The Balaban J connectivity index is 1.83. The van der Waals surface area contributed by atoms with Crippen molar-refractivity contribution >= 4 is 38.9 Å². The number of Topliss-reactive ketones (excluding diaryl/α,β-unsaturated/α-hetero) is 1. The van der Waals surface area contributed by atoms with Gasteiger partial charge in [-0.05, 0) is 43.3 Å². The predicted molar refractivity (Wildman–Crippen MR) is 119 cm³/mol. The zero-order chi connectivity index (χ0) is 22.2. The number of sulfonamides is 1. The molecular formula is C22H16N2O5S2. The maximum atomic E-state index is 13.5. The molecule has 0 aromatic heterocycles. The van der Waals surface area contributed by atoms with Gasteiger partial charge in [-0.25, -0.2) is 12.7 Å². The Kier molecular flexibility index (Phi) is 5.38. The number of ketones is 1. The van der Waals surface area contributed by atoms with Crippen LogP contribution in [-0.2, 0) is 10.0 Å². The second kappa shape index (κ2) is 8.01. The van der Waals surface area contributed by atoms with Gasteiger partial charge in [0.15, 0.2) is 0 Å². The zero-order valence-electron chi connectivity index (χ0n) is 16.3. The lowest BCUT2D eigenvalue weighted by atomic mass is 10.1. The minimum atomic E-state index is -4.08. The van der Waals surface area contributed by atoms with E-state index >= 15 is 0 Å². The number of benzene rings is 3. The fraction of sp³-hybridized carbons (Fsp3) is 0.0455. The third-order valence-electron chi connectivity index (χ3n) is 4.70. The maximum absolute atomic E-state index is 13.5. The Bertz CT molecular complexity index is 1310. The molecule has 0 aliphatic carbocycles. The Morgan fingerprint density at radius 3 is 2.23 bits per heavy atom. The molecule has 1 heterocycles. The van der Waals surface area contributed by atoms with E-state index in [-0.39, 0.29) is 27.0 Å². The maximum Gasteiger partial charge on any atom is 0.269 e. The number of aryl methyl sites for hydroxylation is 1. The normalized spacial score (nSPS) is 14.5. The van der Waals surface area contributed by atoms with E-state index in [2.05, 4.69) is 0 Å². The fourth-order valence-electron chi connectivity index (χ4n) is 3.06. The fourth-order valence-corrected chi connectivity index (χ4v) is 5.49. The molecule has 0 N–H and O–H groups in total. The first-order valence-electron chi connectivity index (χ1n) is 9.16. The quantitative estimate of drug-likeness (QED) is 0.309. The molecule has 1 aliphatic heterocycles. The molecule has 0 bridgehead atoms. The first-order chi connectivity index (χ1) is 14.8. The molecule has 0 radical (unpaired) electrons. The lowest BCUT2D eigenvalue weighted by Gasteiger charge is -2.21. The van der Waals surface area contributed by atoms with Gasteiger partial charge in [0.1, 0.15) is 0 Å². The molecule has 9 heteroatoms. The zero-order valence-corrected chi connectivity index (χ0v) is 17.9. The van der Waals surface area contributed by atoms with Gasteiger partial charge in [-0.1, -0.05) is 41.6 Å². The molecule has 3 aromatic rings. The van der Waals surface area contributed by atoms with Gasteiger partial charge in [0.2, 0.25) is 5.78 Å². The number of nitro benzene ring substituents is 1. The number of carbonyl (C=O) groups is 1. The Labute approximate surface area is 183 Å². The molecule has 0 spiro atoms. The molecule has 0 amide bonds. The summed E-state index contributed by atoms with van der Waals surface area (Å²) in [6, 6.07) is 18.5. The smallest absolute Gasteiger partial charge is 0.269 e. The highest BCUT2D eigenvalue weighted by atomic mass is 32.2. The van der Waals surface area contributed by atoms with Crippen LogP contribution in [0.5, 0.6) is 0 Å². The summed E-state index contributed by atoms with van der Waals surface area (Å²) in [6.45, 7) is 1.84. The van der Waals surface area contributed by atoms with Gasteiger partial charge < -0.3 is 0 Å². The summed E-state index contributed by atoms with van der Waals surface area (Å²) in [4.78, 5) is 24.3. The molecular weight excluding hydrogens is 436 g/mol. The summed E-state index contributed by atoms with van der Waals surface area (Å²) < 4.78 is 27.9. The molecule has 4 rings (SSSR count). The van der Waals surface area contributed by atoms with Crippen molar-refractivity contribution in [2.75, 3.05) is 4.31 Å². The van der Waals surface area contributed by atoms with Gasteiger partial charge in [0, 0.05) is 28.8 Å². The van der Waals surface area contributed by atoms with Gasteiger partial charge in [-0.15, -0.1) is 0 Å². The van der Waals surface area contributed by atoms with Crippen molar-refractivity contribution in [3.63, 3.8) is 0 Å². The van der Waals surface area contributed by atoms with Crippen LogP contribution in [0.2, 0.25) is 0 Å². The van der Waals surface area contributed by atoms with Gasteiger partial charge in [-0.2, -0.15) is 0 Å². The summed E-state index contributed by atoms with van der Waals surface area (Å²) in [7, 11) is -4.08. The third-order valence-corrected chi connectivity index (χ3v) is 7.49. The highest BCUT2D eigenvalue weighted by Crippen LogP contribution is 2.41. The monoisotopic (exact) mass is 452 g/mol. The van der Waals surface area contributed by atoms with Crippen LogP contribution < -0.4 is 4.31 Å². The summed E-state index contributed by atoms with van der Waals surface area (Å²) in [5.41, 5.74) is 1.43. The minimum Gasteiger partial charge on any atom is -0.288 e. The lowest BCUT2D eigenvalue weighted by Crippen LogP contribution is -2.26. The van der Waals surface area contributed by atoms with Crippen LogP contribution in [0.3, 0.4) is 0 Å². The first kappa shape index (κ1) is 20.8. The van der Waals surface area contributed by atoms with E-state index in [4.69, 9.17) is 0 Å². The highest BCUT2D eigenvalue weighted by molar-refractivity contribution is 8.04. The van der Waals surface area contributed by atoms with E-state index in [1.165, 1.54) is 54.4 Å². The van der Waals surface area contributed by atoms with Crippen LogP contribution >= 0.6 is 11.8 Å². The standard InChI is InChI=1S/C22H16N2O5S2/c1-15-6-12-18(13-7-15)31(28,29)23(16-8-10-17(11-9-16)24(26)27)14-21-22(25)19-4-2-3-5-20(19)30-21/h2-14H,1H3/b21-14-. The molecule has 0 unspecified atom stereocenters. The Morgan fingerprint density at radius 2 is 1.61 bits per heavy atom. The van der Waals surface area contributed by atoms with Crippen LogP contribution in [-0.4, -0.2) is 19.1 Å². The molecule has 3 aromatic carbocycles. The first-order valence-corrected chi connectivity index (χ1v) is 11.4. The van der Waals surface area contributed by atoms with Crippen LogP contribution in [0.1, 0.15) is 15.9 Å². The summed E-state index contributed by atoms with van der Waals surface area (Å²) in [6.07, 6.45) is 1.28. The molecule has 0 saturated heterocycles. The average Bonchev–Trinajstić information content (AvgIpc) is 3.08. The second-order valence-electron chi connectivity index (χ2n) is 6.81. The van der Waals surface area contributed by atoms with Crippen molar-refractivity contribution in [1.29, 1.82) is 0 Å². The van der Waals surface area contributed by atoms with E-state index in [9.17, 15) is 23.3 Å².